The van der Waals surface area contributed by atoms with Gasteiger partial charge in [0.05, 0.1) is 10.6 Å². The number of anilines is 1. The van der Waals surface area contributed by atoms with Crippen LogP contribution in [0.1, 0.15) is 12.5 Å². The van der Waals surface area contributed by atoms with E-state index >= 15 is 0 Å². The predicted octanol–water partition coefficient (Wildman–Crippen LogP) is 3.45. The summed E-state index contributed by atoms with van der Waals surface area (Å²) in [4.78, 5) is 22.4. The van der Waals surface area contributed by atoms with Gasteiger partial charge in [0, 0.05) is 12.1 Å². The molecule has 1 amide bonds. The summed E-state index contributed by atoms with van der Waals surface area (Å²) < 4.78 is 18.8. The largest absolute Gasteiger partial charge is 0.478 e. The zero-order chi connectivity index (χ0) is 17.0. The number of hydrogen-bond donors (Lipinski definition) is 1. The van der Waals surface area contributed by atoms with Gasteiger partial charge in [-0.05, 0) is 31.5 Å². The minimum Gasteiger partial charge on any atom is -0.478 e. The van der Waals surface area contributed by atoms with E-state index in [9.17, 15) is 19.3 Å². The second kappa shape index (κ2) is 6.87. The number of halogens is 1. The Morgan fingerprint density at radius 1 is 1.30 bits per heavy atom. The molecule has 1 unspecified atom stereocenters. The van der Waals surface area contributed by atoms with Crippen LogP contribution in [0.25, 0.3) is 0 Å². The zero-order valence-electron chi connectivity index (χ0n) is 12.6. The molecule has 0 spiro atoms. The van der Waals surface area contributed by atoms with Gasteiger partial charge in [-0.1, -0.05) is 18.2 Å². The number of non-ortho nitro benzene ring substituents is 1. The molecule has 2 aromatic rings. The molecule has 6 nitrogen and oxygen atoms in total. The van der Waals surface area contributed by atoms with Gasteiger partial charge in [-0.2, -0.15) is 0 Å². The molecule has 23 heavy (non-hydrogen) atoms. The molecule has 2 rings (SSSR count). The van der Waals surface area contributed by atoms with E-state index in [0.29, 0.717) is 11.3 Å². The minimum absolute atomic E-state index is 0.0362. The van der Waals surface area contributed by atoms with Crippen LogP contribution in [0.4, 0.5) is 15.8 Å². The molecule has 0 aliphatic carbocycles. The molecular weight excluding hydrogens is 303 g/mol. The average Bonchev–Trinajstić information content (AvgIpc) is 2.51. The van der Waals surface area contributed by atoms with Gasteiger partial charge in [-0.25, -0.2) is 4.39 Å². The lowest BCUT2D eigenvalue weighted by molar-refractivity contribution is -0.384. The first-order valence-electron chi connectivity index (χ1n) is 6.85. The SMILES string of the molecule is Cc1ccc([N+](=O)[O-])cc1NC(=O)C(C)Oc1ccccc1F. The average molecular weight is 318 g/mol. The van der Waals surface area contributed by atoms with Crippen LogP contribution in [0.2, 0.25) is 0 Å². The van der Waals surface area contributed by atoms with Gasteiger partial charge >= 0.3 is 0 Å². The molecule has 0 heterocycles. The number of para-hydroxylation sites is 1. The van der Waals surface area contributed by atoms with Crippen molar-refractivity contribution in [3.05, 3.63) is 64.0 Å². The highest BCUT2D eigenvalue weighted by molar-refractivity contribution is 5.95. The molecule has 1 atom stereocenters. The monoisotopic (exact) mass is 318 g/mol. The third-order valence-electron chi connectivity index (χ3n) is 3.20. The lowest BCUT2D eigenvalue weighted by atomic mass is 10.1. The Balaban J connectivity index is 2.11. The van der Waals surface area contributed by atoms with E-state index < -0.39 is 22.8 Å². The van der Waals surface area contributed by atoms with E-state index in [2.05, 4.69) is 5.32 Å². The van der Waals surface area contributed by atoms with Crippen molar-refractivity contribution in [1.82, 2.24) is 0 Å². The van der Waals surface area contributed by atoms with E-state index in [-0.39, 0.29) is 11.4 Å². The Labute approximate surface area is 132 Å². The van der Waals surface area contributed by atoms with E-state index in [0.717, 1.165) is 0 Å². The minimum atomic E-state index is -0.967. The van der Waals surface area contributed by atoms with Crippen molar-refractivity contribution in [2.45, 2.75) is 20.0 Å². The third-order valence-corrected chi connectivity index (χ3v) is 3.20. The number of carbonyl (C=O) groups excluding carboxylic acids is 1. The summed E-state index contributed by atoms with van der Waals surface area (Å²) in [5.74, 6) is -1.14. The van der Waals surface area contributed by atoms with Gasteiger partial charge in [0.25, 0.3) is 11.6 Å². The van der Waals surface area contributed by atoms with Gasteiger partial charge in [0.1, 0.15) is 0 Å². The van der Waals surface area contributed by atoms with Crippen molar-refractivity contribution in [2.75, 3.05) is 5.32 Å². The van der Waals surface area contributed by atoms with Crippen LogP contribution in [0.3, 0.4) is 0 Å². The van der Waals surface area contributed by atoms with Gasteiger partial charge in [-0.15, -0.1) is 0 Å². The van der Waals surface area contributed by atoms with Crippen LogP contribution in [0, 0.1) is 22.9 Å². The number of hydrogen-bond acceptors (Lipinski definition) is 4. The molecule has 0 fully saturated rings. The molecule has 1 N–H and O–H groups in total. The van der Waals surface area contributed by atoms with E-state index in [1.165, 1.54) is 43.3 Å². The number of amides is 1. The Bertz CT molecular complexity index is 749. The van der Waals surface area contributed by atoms with E-state index in [1.54, 1.807) is 13.0 Å². The number of nitro benzene ring substituents is 1. The zero-order valence-corrected chi connectivity index (χ0v) is 12.6. The van der Waals surface area contributed by atoms with Crippen LogP contribution < -0.4 is 10.1 Å². The third kappa shape index (κ3) is 4.03. The first-order chi connectivity index (χ1) is 10.9. The summed E-state index contributed by atoms with van der Waals surface area (Å²) in [5, 5.41) is 13.3. The number of rotatable bonds is 5. The number of nitrogens with zero attached hydrogens (tertiary/aromatic N) is 1. The Hall–Kier alpha value is -2.96. The highest BCUT2D eigenvalue weighted by Gasteiger charge is 2.18. The van der Waals surface area contributed by atoms with Crippen molar-refractivity contribution < 1.29 is 18.8 Å². The van der Waals surface area contributed by atoms with Crippen LogP contribution in [-0.4, -0.2) is 16.9 Å². The van der Waals surface area contributed by atoms with Crippen LogP contribution in [0.15, 0.2) is 42.5 Å². The van der Waals surface area contributed by atoms with E-state index in [4.69, 9.17) is 4.74 Å². The summed E-state index contributed by atoms with van der Waals surface area (Å²) in [6, 6.07) is 9.90. The van der Waals surface area contributed by atoms with Crippen molar-refractivity contribution >= 4 is 17.3 Å². The number of ether oxygens (including phenoxy) is 1. The van der Waals surface area contributed by atoms with Crippen molar-refractivity contribution in [3.8, 4) is 5.75 Å². The summed E-state index contributed by atoms with van der Waals surface area (Å²) >= 11 is 0. The molecule has 0 radical (unpaired) electrons. The molecule has 120 valence electrons. The number of benzene rings is 2. The maximum absolute atomic E-state index is 13.5. The summed E-state index contributed by atoms with van der Waals surface area (Å²) in [7, 11) is 0. The fourth-order valence-corrected chi connectivity index (χ4v) is 1.88. The van der Waals surface area contributed by atoms with Gasteiger partial charge in [-0.3, -0.25) is 14.9 Å². The molecule has 7 heteroatoms. The summed E-state index contributed by atoms with van der Waals surface area (Å²) in [6.45, 7) is 3.18. The van der Waals surface area contributed by atoms with Crippen molar-refractivity contribution in [3.63, 3.8) is 0 Å². The molecule has 0 bridgehead atoms. The summed E-state index contributed by atoms with van der Waals surface area (Å²) in [5.41, 5.74) is 0.851. The second-order valence-corrected chi connectivity index (χ2v) is 4.94. The van der Waals surface area contributed by atoms with Crippen molar-refractivity contribution in [1.29, 1.82) is 0 Å². The fraction of sp³-hybridized carbons (Fsp3) is 0.188. The number of carbonyl (C=O) groups is 1. The normalized spacial score (nSPS) is 11.6. The topological polar surface area (TPSA) is 81.5 Å². The van der Waals surface area contributed by atoms with Gasteiger partial charge < -0.3 is 10.1 Å². The lowest BCUT2D eigenvalue weighted by Crippen LogP contribution is -2.30. The number of nitro groups is 1. The molecule has 0 aromatic heterocycles. The molecule has 0 aliphatic heterocycles. The van der Waals surface area contributed by atoms with Gasteiger partial charge in [0.2, 0.25) is 0 Å². The standard InChI is InChI=1S/C16H15FN2O4/c1-10-7-8-12(19(21)22)9-14(10)18-16(20)11(2)23-15-6-4-3-5-13(15)17/h3-9,11H,1-2H3,(H,18,20). The lowest BCUT2D eigenvalue weighted by Gasteiger charge is -2.16. The number of aryl methyl sites for hydroxylation is 1. The Morgan fingerprint density at radius 2 is 2.00 bits per heavy atom. The highest BCUT2D eigenvalue weighted by atomic mass is 19.1. The fourth-order valence-electron chi connectivity index (χ4n) is 1.88. The predicted molar refractivity (Wildman–Crippen MR) is 83.0 cm³/mol. The first-order valence-corrected chi connectivity index (χ1v) is 6.85. The first kappa shape index (κ1) is 16.4. The highest BCUT2D eigenvalue weighted by Crippen LogP contribution is 2.23. The van der Waals surface area contributed by atoms with Crippen LogP contribution in [-0.2, 0) is 4.79 Å². The maximum Gasteiger partial charge on any atom is 0.271 e. The second-order valence-electron chi connectivity index (χ2n) is 4.94. The van der Waals surface area contributed by atoms with Crippen LogP contribution >= 0.6 is 0 Å². The summed E-state index contributed by atoms with van der Waals surface area (Å²) in [6.07, 6.45) is -0.967. The molecular formula is C16H15FN2O4. The smallest absolute Gasteiger partial charge is 0.271 e. The van der Waals surface area contributed by atoms with Crippen LogP contribution in [0.5, 0.6) is 5.75 Å². The Kier molecular flexibility index (Phi) is 4.90. The quantitative estimate of drug-likeness (QED) is 0.676. The molecule has 0 saturated heterocycles. The molecule has 0 aliphatic rings. The van der Waals surface area contributed by atoms with E-state index in [1.807, 2.05) is 0 Å². The van der Waals surface area contributed by atoms with Crippen molar-refractivity contribution in [2.24, 2.45) is 0 Å². The molecule has 2 aromatic carbocycles. The Morgan fingerprint density at radius 3 is 2.65 bits per heavy atom. The number of nitrogens with one attached hydrogen (secondary N) is 1. The maximum atomic E-state index is 13.5. The molecule has 0 saturated carbocycles. The van der Waals surface area contributed by atoms with Gasteiger partial charge in [0.15, 0.2) is 17.7 Å².